The van der Waals surface area contributed by atoms with Gasteiger partial charge in [-0.1, -0.05) is 43.5 Å². The van der Waals surface area contributed by atoms with E-state index in [0.717, 1.165) is 24.0 Å². The van der Waals surface area contributed by atoms with Crippen molar-refractivity contribution in [2.45, 2.75) is 66.0 Å². The van der Waals surface area contributed by atoms with E-state index >= 15 is 0 Å². The van der Waals surface area contributed by atoms with Crippen molar-refractivity contribution in [1.82, 2.24) is 16.0 Å². The Bertz CT molecular complexity index is 558. The van der Waals surface area contributed by atoms with E-state index in [0.29, 0.717) is 13.0 Å². The van der Waals surface area contributed by atoms with Gasteiger partial charge in [-0.2, -0.15) is 0 Å². The molecule has 1 aromatic rings. The minimum absolute atomic E-state index is 0.0995. The molecule has 0 aliphatic carbocycles. The number of benzene rings is 1. The molecule has 1 aromatic carbocycles. The molecule has 0 aliphatic heterocycles. The molecule has 0 saturated heterocycles. The van der Waals surface area contributed by atoms with Crippen LogP contribution in [0.5, 0.6) is 0 Å². The monoisotopic (exact) mass is 333 g/mol. The first-order valence-corrected chi connectivity index (χ1v) is 8.80. The van der Waals surface area contributed by atoms with Crippen molar-refractivity contribution in [3.63, 3.8) is 0 Å². The van der Waals surface area contributed by atoms with Crippen molar-refractivity contribution in [3.8, 4) is 0 Å². The van der Waals surface area contributed by atoms with Crippen LogP contribution < -0.4 is 16.0 Å². The summed E-state index contributed by atoms with van der Waals surface area (Å²) in [6.07, 6.45) is 2.51. The highest BCUT2D eigenvalue weighted by Crippen LogP contribution is 2.19. The predicted molar refractivity (Wildman–Crippen MR) is 98.0 cm³/mol. The van der Waals surface area contributed by atoms with Gasteiger partial charge in [0.05, 0.1) is 6.04 Å². The van der Waals surface area contributed by atoms with Gasteiger partial charge in [0, 0.05) is 6.54 Å². The first kappa shape index (κ1) is 20.0. The molecule has 5 nitrogen and oxygen atoms in total. The van der Waals surface area contributed by atoms with Crippen LogP contribution in [0.25, 0.3) is 0 Å². The van der Waals surface area contributed by atoms with E-state index in [1.165, 1.54) is 5.56 Å². The molecule has 0 fully saturated rings. The molecule has 24 heavy (non-hydrogen) atoms. The zero-order valence-electron chi connectivity index (χ0n) is 15.5. The summed E-state index contributed by atoms with van der Waals surface area (Å²) in [7, 11) is 0. The molecule has 3 N–H and O–H groups in total. The molecular weight excluding hydrogens is 302 g/mol. The quantitative estimate of drug-likeness (QED) is 0.683. The van der Waals surface area contributed by atoms with E-state index < -0.39 is 6.04 Å². The SMILES string of the molecule is CCCC[C@@H](NC(=O)NCC)C(=O)N[C@@H](C)c1cc(C)ccc1C. The third kappa shape index (κ3) is 6.22. The summed E-state index contributed by atoms with van der Waals surface area (Å²) < 4.78 is 0. The summed E-state index contributed by atoms with van der Waals surface area (Å²) in [5.74, 6) is -0.136. The fourth-order valence-corrected chi connectivity index (χ4v) is 2.67. The Morgan fingerprint density at radius 1 is 1.12 bits per heavy atom. The molecule has 0 heterocycles. The maximum absolute atomic E-state index is 12.6. The molecule has 134 valence electrons. The molecule has 5 heteroatoms. The normalized spacial score (nSPS) is 13.0. The predicted octanol–water partition coefficient (Wildman–Crippen LogP) is 3.36. The average Bonchev–Trinajstić information content (AvgIpc) is 2.53. The fraction of sp³-hybridized carbons (Fsp3) is 0.579. The van der Waals surface area contributed by atoms with Crippen LogP contribution in [0, 0.1) is 13.8 Å². The van der Waals surface area contributed by atoms with Crippen LogP contribution in [-0.4, -0.2) is 24.5 Å². The zero-order chi connectivity index (χ0) is 18.1. The largest absolute Gasteiger partial charge is 0.348 e. The summed E-state index contributed by atoms with van der Waals surface area (Å²) in [6, 6.07) is 5.32. The number of hydrogen-bond acceptors (Lipinski definition) is 2. The van der Waals surface area contributed by atoms with Gasteiger partial charge < -0.3 is 16.0 Å². The van der Waals surface area contributed by atoms with Crippen LogP contribution in [0.1, 0.15) is 62.8 Å². The number of amides is 3. The number of rotatable bonds is 8. The van der Waals surface area contributed by atoms with Crippen LogP contribution in [0.4, 0.5) is 4.79 Å². The average molecular weight is 333 g/mol. The Labute approximate surface area is 145 Å². The first-order valence-electron chi connectivity index (χ1n) is 8.80. The van der Waals surface area contributed by atoms with Gasteiger partial charge in [0.1, 0.15) is 6.04 Å². The van der Waals surface area contributed by atoms with Crippen LogP contribution in [0.3, 0.4) is 0 Å². The third-order valence-corrected chi connectivity index (χ3v) is 4.07. The molecule has 1 rings (SSSR count). The minimum atomic E-state index is -0.510. The lowest BCUT2D eigenvalue weighted by molar-refractivity contribution is -0.123. The van der Waals surface area contributed by atoms with Crippen molar-refractivity contribution in [2.75, 3.05) is 6.54 Å². The molecule has 0 bridgehead atoms. The van der Waals surface area contributed by atoms with Crippen LogP contribution in [0.15, 0.2) is 18.2 Å². The number of carbonyl (C=O) groups is 2. The molecule has 0 aliphatic rings. The van der Waals surface area contributed by atoms with Gasteiger partial charge in [-0.3, -0.25) is 4.79 Å². The fourth-order valence-electron chi connectivity index (χ4n) is 2.67. The Hall–Kier alpha value is -2.04. The van der Waals surface area contributed by atoms with Gasteiger partial charge in [-0.05, 0) is 45.2 Å². The molecule has 2 atom stereocenters. The highest BCUT2D eigenvalue weighted by atomic mass is 16.2. The van der Waals surface area contributed by atoms with Gasteiger partial charge in [-0.25, -0.2) is 4.79 Å². The molecule has 3 amide bonds. The maximum atomic E-state index is 12.6. The third-order valence-electron chi connectivity index (χ3n) is 4.07. The van der Waals surface area contributed by atoms with E-state index in [4.69, 9.17) is 0 Å². The second-order valence-electron chi connectivity index (χ2n) is 6.29. The van der Waals surface area contributed by atoms with Crippen LogP contribution >= 0.6 is 0 Å². The highest BCUT2D eigenvalue weighted by Gasteiger charge is 2.22. The lowest BCUT2D eigenvalue weighted by Gasteiger charge is -2.23. The second-order valence-corrected chi connectivity index (χ2v) is 6.29. The summed E-state index contributed by atoms with van der Waals surface area (Å²) in [5.41, 5.74) is 3.42. The van der Waals surface area contributed by atoms with E-state index in [9.17, 15) is 9.59 Å². The topological polar surface area (TPSA) is 70.2 Å². The van der Waals surface area contributed by atoms with E-state index in [-0.39, 0.29) is 18.0 Å². The van der Waals surface area contributed by atoms with Gasteiger partial charge in [0.25, 0.3) is 0 Å². The summed E-state index contributed by atoms with van der Waals surface area (Å²) in [6.45, 7) is 10.5. The van der Waals surface area contributed by atoms with Crippen molar-refractivity contribution in [1.29, 1.82) is 0 Å². The van der Waals surface area contributed by atoms with Gasteiger partial charge in [0.15, 0.2) is 0 Å². The lowest BCUT2D eigenvalue weighted by atomic mass is 9.99. The van der Waals surface area contributed by atoms with Crippen molar-refractivity contribution in [3.05, 3.63) is 34.9 Å². The van der Waals surface area contributed by atoms with Crippen molar-refractivity contribution < 1.29 is 9.59 Å². The van der Waals surface area contributed by atoms with Crippen LogP contribution in [-0.2, 0) is 4.79 Å². The van der Waals surface area contributed by atoms with E-state index in [2.05, 4.69) is 41.1 Å². The molecule has 0 spiro atoms. The van der Waals surface area contributed by atoms with Crippen molar-refractivity contribution >= 4 is 11.9 Å². The molecule has 0 aromatic heterocycles. The highest BCUT2D eigenvalue weighted by molar-refractivity contribution is 5.87. The molecule has 0 radical (unpaired) electrons. The van der Waals surface area contributed by atoms with Gasteiger partial charge >= 0.3 is 6.03 Å². The molecular formula is C19H31N3O2. The van der Waals surface area contributed by atoms with Gasteiger partial charge in [0.2, 0.25) is 5.91 Å². The maximum Gasteiger partial charge on any atom is 0.315 e. The Morgan fingerprint density at radius 3 is 2.46 bits per heavy atom. The number of urea groups is 1. The Balaban J connectivity index is 2.78. The Kier molecular flexibility index (Phi) is 8.30. The molecule has 0 unspecified atom stereocenters. The lowest BCUT2D eigenvalue weighted by Crippen LogP contribution is -2.50. The number of hydrogen-bond donors (Lipinski definition) is 3. The first-order chi connectivity index (χ1) is 11.4. The summed E-state index contributed by atoms with van der Waals surface area (Å²) in [5, 5.41) is 8.49. The molecule has 0 saturated carbocycles. The van der Waals surface area contributed by atoms with E-state index in [1.54, 1.807) is 0 Å². The zero-order valence-corrected chi connectivity index (χ0v) is 15.5. The van der Waals surface area contributed by atoms with Gasteiger partial charge in [-0.15, -0.1) is 0 Å². The number of unbranched alkanes of at least 4 members (excludes halogenated alkanes) is 1. The standard InChI is InChI=1S/C19H31N3O2/c1-6-8-9-17(22-19(24)20-7-2)18(23)21-15(5)16-12-13(3)10-11-14(16)4/h10-12,15,17H,6-9H2,1-5H3,(H,21,23)(H2,20,22,24)/t15-,17+/m0/s1. The minimum Gasteiger partial charge on any atom is -0.348 e. The van der Waals surface area contributed by atoms with Crippen LogP contribution in [0.2, 0.25) is 0 Å². The number of nitrogens with one attached hydrogen (secondary N) is 3. The smallest absolute Gasteiger partial charge is 0.315 e. The van der Waals surface area contributed by atoms with E-state index in [1.807, 2.05) is 27.7 Å². The summed E-state index contributed by atoms with van der Waals surface area (Å²) in [4.78, 5) is 24.4. The second kappa shape index (κ2) is 9.96. The number of aryl methyl sites for hydroxylation is 2. The van der Waals surface area contributed by atoms with Crippen molar-refractivity contribution in [2.24, 2.45) is 0 Å². The Morgan fingerprint density at radius 2 is 1.83 bits per heavy atom. The summed E-state index contributed by atoms with van der Waals surface area (Å²) >= 11 is 0. The number of carbonyl (C=O) groups excluding carboxylic acids is 2.